The fourth-order valence-electron chi connectivity index (χ4n) is 14.9. The standard InChI is InChI=1S/C16H25N4O4P.C16H25N4O3P.C15H22BrN4O3P.2C15H22ClN4O3P/c1-9-18-14-11(15(22)19-9)17-8-20(14)16-13(23-2)12(21)10(24-16)6-7-25(3,4)5;1-9-13(21)11(6-7-24(3,4)5)23-16(9)20-8-17-12-14(20)18-10(2)19-15(12)22;3*1-8-18-13-11(14(22)19-8)17-7-20(13)15-10(16)12(21)9(23-15)5-6-24(2,3)4/h8,10,12-13,16,21H,3,6-7H2,1-2,4-5H3,(H,18,19,22);8-9,11,13,16,21H,3,6-7H2,1-2,4-5H3,(H,18,19,22);3*7,9-10,12,15,21H,2,5-6H2,1,3-4H3,(H,18,19,22)/t10-,12-,13-,16-;9-,11-,13+,16-;3*9-,10-,12-,15-/m11111/s1. The van der Waals surface area contributed by atoms with Crippen molar-refractivity contribution in [3.8, 4) is 0 Å². The molecule has 0 unspecified atom stereocenters. The smallest absolute Gasteiger partial charge is 0.279 e. The molecule has 36 nitrogen and oxygen atoms in total. The van der Waals surface area contributed by atoms with Crippen LogP contribution in [0, 0.1) is 40.5 Å². The van der Waals surface area contributed by atoms with E-state index < -0.39 is 107 Å². The van der Waals surface area contributed by atoms with Crippen molar-refractivity contribution >= 4 is 161 Å². The van der Waals surface area contributed by atoms with E-state index in [1.54, 1.807) is 70.1 Å². The van der Waals surface area contributed by atoms with Crippen molar-refractivity contribution in [2.75, 3.05) is 105 Å². The summed E-state index contributed by atoms with van der Waals surface area (Å²) < 4.78 is 44.2. The van der Waals surface area contributed by atoms with E-state index >= 15 is 0 Å². The van der Waals surface area contributed by atoms with Gasteiger partial charge in [0.25, 0.3) is 27.8 Å². The SMILES string of the molecule is C=P(C)(C)CC[C@H]1O[C@@H](n2cnc3c(=O)[nH]c(C)nc32)[C@H](Br)[C@@H]1O.C=P(C)(C)CC[C@H]1O[C@@H](n2cnc3c(=O)[nH]c(C)nc32)[C@H](C)[C@@H]1O.C=P(C)(C)CC[C@H]1O[C@@H](n2cnc3c(=O)[nH]c(C)nc32)[C@H](Cl)[C@@H]1O.C=P(C)(C)CC[C@H]1O[C@@H](n2cnc3c(=O)[nH]c(C)nc32)[C@H](Cl)[C@@H]1O.C=P(C)(C)CC[C@H]1O[C@@H](n2cnc3c(=O)[nH]c(C)nc32)[C@H](OC)[C@@H]1O. The van der Waals surface area contributed by atoms with Crippen LogP contribution in [0.5, 0.6) is 0 Å². The Morgan fingerprint density at radius 2 is 0.603 bits per heavy atom. The minimum Gasteiger partial charge on any atom is -0.390 e. The number of fused-ring (bicyclic) bond motifs is 5. The minimum atomic E-state index is -1.21. The summed E-state index contributed by atoms with van der Waals surface area (Å²) in [6, 6.07) is 0. The van der Waals surface area contributed by atoms with Crippen LogP contribution in [0.15, 0.2) is 55.6 Å². The first-order valence-electron chi connectivity index (χ1n) is 39.6. The number of aryl methyl sites for hydroxylation is 5. The first kappa shape index (κ1) is 95.5. The Morgan fingerprint density at radius 1 is 0.380 bits per heavy atom. The zero-order valence-corrected chi connectivity index (χ0v) is 78.9. The highest BCUT2D eigenvalue weighted by Gasteiger charge is 2.49. The number of aromatic amines is 5. The lowest BCUT2D eigenvalue weighted by molar-refractivity contribution is -0.0496. The number of nitrogens with one attached hydrogen (secondary N) is 5. The number of rotatable bonds is 21. The molecule has 10 aromatic rings. The van der Waals surface area contributed by atoms with Crippen LogP contribution >= 0.6 is 73.6 Å². The number of aliphatic hydroxyl groups excluding tert-OH is 5. The molecule has 15 heterocycles. The molecular formula is C77H116BrCl2N20O16P5. The van der Waals surface area contributed by atoms with Gasteiger partial charge in [0, 0.05) is 13.0 Å². The van der Waals surface area contributed by atoms with E-state index in [1.165, 1.54) is 26.1 Å². The molecule has 5 fully saturated rings. The van der Waals surface area contributed by atoms with Crippen LogP contribution in [0.1, 0.15) is 99.3 Å². The van der Waals surface area contributed by atoms with Gasteiger partial charge in [0.15, 0.2) is 80.7 Å². The van der Waals surface area contributed by atoms with Gasteiger partial charge in [-0.1, -0.05) is 22.9 Å². The lowest BCUT2D eigenvalue weighted by Gasteiger charge is -2.20. The molecule has 0 aliphatic carbocycles. The van der Waals surface area contributed by atoms with Crippen LogP contribution < -0.4 is 27.8 Å². The van der Waals surface area contributed by atoms with Crippen molar-refractivity contribution in [3.05, 3.63) is 113 Å². The second kappa shape index (κ2) is 38.2. The first-order valence-corrected chi connectivity index (χ1v) is 56.6. The van der Waals surface area contributed by atoms with Crippen molar-refractivity contribution in [1.29, 1.82) is 0 Å². The van der Waals surface area contributed by atoms with Gasteiger partial charge in [-0.3, -0.25) is 46.8 Å². The average Bonchev–Trinajstić information content (AvgIpc) is 1.64. The number of hydrogen-bond donors (Lipinski definition) is 10. The average molecular weight is 1880 g/mol. The lowest BCUT2D eigenvalue weighted by atomic mass is 10.0. The zero-order chi connectivity index (χ0) is 88.9. The van der Waals surface area contributed by atoms with E-state index in [4.69, 9.17) is 51.6 Å². The van der Waals surface area contributed by atoms with E-state index in [9.17, 15) is 49.5 Å². The highest BCUT2D eigenvalue weighted by atomic mass is 79.9. The molecular weight excluding hydrogens is 1770 g/mol. The molecule has 10 N–H and O–H groups in total. The topological polar surface area (TPSA) is 474 Å². The molecule has 0 spiro atoms. The normalized spacial score (nSPS) is 27.7. The summed E-state index contributed by atoms with van der Waals surface area (Å²) in [7, 11) is 1.54. The number of H-pyrrole nitrogens is 5. The number of nitrogens with zero attached hydrogens (tertiary/aromatic N) is 15. The van der Waals surface area contributed by atoms with Gasteiger partial charge in [-0.15, -0.1) is 89.1 Å². The largest absolute Gasteiger partial charge is 0.390 e. The molecule has 5 aliphatic rings. The third kappa shape index (κ3) is 22.6. The fraction of sp³-hybridized carbons (Fsp3) is 0.610. The van der Waals surface area contributed by atoms with Crippen LogP contribution in [0.3, 0.4) is 0 Å². The van der Waals surface area contributed by atoms with E-state index in [0.717, 1.165) is 43.7 Å². The number of ether oxygens (including phenoxy) is 6. The molecule has 20 atom stereocenters. The van der Waals surface area contributed by atoms with Gasteiger partial charge < -0.3 is 78.9 Å². The number of halogens is 3. The van der Waals surface area contributed by atoms with Gasteiger partial charge in [0.05, 0.1) is 79.2 Å². The minimum absolute atomic E-state index is 0.111. The van der Waals surface area contributed by atoms with E-state index in [-0.39, 0.29) is 97.4 Å². The van der Waals surface area contributed by atoms with Gasteiger partial charge in [-0.05, 0) is 164 Å². The Kier molecular flexibility index (Phi) is 30.2. The van der Waals surface area contributed by atoms with Crippen LogP contribution in [0.2, 0.25) is 0 Å². The van der Waals surface area contributed by atoms with Crippen molar-refractivity contribution in [2.24, 2.45) is 5.92 Å². The molecule has 0 bridgehead atoms. The molecule has 0 saturated carbocycles. The summed E-state index contributed by atoms with van der Waals surface area (Å²) in [5.74, 6) is 2.39. The van der Waals surface area contributed by atoms with Gasteiger partial charge in [-0.25, -0.2) is 49.8 Å². The Bertz CT molecular complexity index is 5390. The van der Waals surface area contributed by atoms with Crippen molar-refractivity contribution < 1.29 is 54.0 Å². The molecule has 0 amide bonds. The summed E-state index contributed by atoms with van der Waals surface area (Å²) in [5, 5.41) is 51.2. The molecule has 0 aromatic carbocycles. The summed E-state index contributed by atoms with van der Waals surface area (Å²) >= 11 is 16.3. The third-order valence-electron chi connectivity index (χ3n) is 21.4. The van der Waals surface area contributed by atoms with Crippen molar-refractivity contribution in [3.63, 3.8) is 0 Å². The first-order chi connectivity index (χ1) is 56.4. The predicted molar refractivity (Wildman–Crippen MR) is 493 cm³/mol. The zero-order valence-electron chi connectivity index (χ0n) is 71.3. The van der Waals surface area contributed by atoms with Crippen molar-refractivity contribution in [2.45, 2.75) is 188 Å². The number of alkyl halides is 3. The molecule has 5 aliphatic heterocycles. The molecule has 666 valence electrons. The molecule has 0 radical (unpaired) electrons. The number of aromatic nitrogens is 20. The molecule has 15 rings (SSSR count). The van der Waals surface area contributed by atoms with Gasteiger partial charge >= 0.3 is 0 Å². The predicted octanol–water partition coefficient (Wildman–Crippen LogP) is 6.56. The number of aliphatic hydroxyl groups is 5. The number of imidazole rings is 5. The quantitative estimate of drug-likeness (QED) is 0.0269. The van der Waals surface area contributed by atoms with Crippen LogP contribution in [-0.2, 0) is 28.4 Å². The molecule has 121 heavy (non-hydrogen) atoms. The van der Waals surface area contributed by atoms with Crippen LogP contribution in [0.4, 0.5) is 0 Å². The molecule has 10 aromatic heterocycles. The number of methoxy groups -OCH3 is 1. The van der Waals surface area contributed by atoms with E-state index in [2.05, 4.69) is 189 Å². The summed E-state index contributed by atoms with van der Waals surface area (Å²) in [5.41, 5.74) is 2.01. The Morgan fingerprint density at radius 3 is 0.884 bits per heavy atom. The van der Waals surface area contributed by atoms with E-state index in [0.29, 0.717) is 82.1 Å². The van der Waals surface area contributed by atoms with Crippen molar-refractivity contribution in [1.82, 2.24) is 97.6 Å². The van der Waals surface area contributed by atoms with Gasteiger partial charge in [0.1, 0.15) is 70.5 Å². The Balaban J connectivity index is 0.000000148. The Labute approximate surface area is 718 Å². The van der Waals surface area contributed by atoms with Crippen LogP contribution in [0.25, 0.3) is 55.8 Å². The van der Waals surface area contributed by atoms with Gasteiger partial charge in [0.2, 0.25) is 0 Å². The second-order valence-electron chi connectivity index (χ2n) is 35.3. The van der Waals surface area contributed by atoms with E-state index in [1.807, 2.05) is 6.92 Å². The van der Waals surface area contributed by atoms with Crippen LogP contribution in [-0.4, -0.2) is 342 Å². The highest BCUT2D eigenvalue weighted by Crippen LogP contribution is 2.47. The maximum absolute atomic E-state index is 12.0. The Hall–Kier alpha value is -6.13. The molecule has 5 saturated heterocycles. The monoisotopic (exact) mass is 1880 g/mol. The number of hydrogen-bond acceptors (Lipinski definition) is 26. The fourth-order valence-corrected chi connectivity index (χ4v) is 21.0. The van der Waals surface area contributed by atoms with Gasteiger partial charge in [-0.2, -0.15) is 0 Å². The molecule has 44 heteroatoms. The third-order valence-corrected chi connectivity index (χ3v) is 30.7. The summed E-state index contributed by atoms with van der Waals surface area (Å²) in [6.45, 7) is 26.1. The highest BCUT2D eigenvalue weighted by molar-refractivity contribution is 9.09. The maximum Gasteiger partial charge on any atom is 0.279 e. The maximum atomic E-state index is 12.0. The summed E-state index contributed by atoms with van der Waals surface area (Å²) in [4.78, 5) is 115. The second-order valence-corrected chi connectivity index (χ2v) is 58.9. The summed E-state index contributed by atoms with van der Waals surface area (Å²) in [6.07, 6.45) is 28.5. The lowest BCUT2D eigenvalue weighted by Crippen LogP contribution is -2.33.